The van der Waals surface area contributed by atoms with Gasteiger partial charge in [0.2, 0.25) is 10.0 Å². The van der Waals surface area contributed by atoms with Crippen molar-refractivity contribution < 1.29 is 13.2 Å². The molecular formula is C16H23NO3S. The number of hydrogen-bond donors (Lipinski definition) is 1. The minimum absolute atomic E-state index is 0.0572. The molecule has 2 aliphatic rings. The minimum Gasteiger partial charge on any atom is -0.372 e. The molecule has 5 heteroatoms. The lowest BCUT2D eigenvalue weighted by Gasteiger charge is -2.27. The van der Waals surface area contributed by atoms with Crippen LogP contribution < -0.4 is 4.72 Å². The first-order chi connectivity index (χ1) is 10.1. The molecule has 1 heterocycles. The second-order valence-corrected chi connectivity index (χ2v) is 8.10. The van der Waals surface area contributed by atoms with Gasteiger partial charge in [-0.3, -0.25) is 0 Å². The second-order valence-electron chi connectivity index (χ2n) is 6.06. The Hall–Kier alpha value is -0.910. The molecule has 1 aromatic rings. The maximum Gasteiger partial charge on any atom is 0.214 e. The van der Waals surface area contributed by atoms with Crippen molar-refractivity contribution in [2.75, 3.05) is 6.54 Å². The Balaban J connectivity index is 1.56. The third-order valence-corrected chi connectivity index (χ3v) is 6.46. The zero-order valence-electron chi connectivity index (χ0n) is 12.3. The van der Waals surface area contributed by atoms with E-state index in [-0.39, 0.29) is 11.4 Å². The molecule has 1 aromatic carbocycles. The average Bonchev–Trinajstić information content (AvgIpc) is 2.54. The first-order valence-corrected chi connectivity index (χ1v) is 9.36. The predicted octanol–water partition coefficient (Wildman–Crippen LogP) is 2.38. The van der Waals surface area contributed by atoms with E-state index in [1.54, 1.807) is 0 Å². The SMILES string of the molecule is O=S(=O)(NCC1Cc2ccccc2CO1)C1CCCCC1. The highest BCUT2D eigenvalue weighted by Crippen LogP contribution is 2.24. The van der Waals surface area contributed by atoms with Gasteiger partial charge in [0, 0.05) is 13.0 Å². The zero-order valence-corrected chi connectivity index (χ0v) is 13.1. The number of ether oxygens (including phenoxy) is 1. The normalized spacial score (nSPS) is 23.7. The number of nitrogens with one attached hydrogen (secondary N) is 1. The Labute approximate surface area is 126 Å². The molecule has 0 amide bonds. The maximum atomic E-state index is 12.3. The lowest BCUT2D eigenvalue weighted by molar-refractivity contribution is 0.0322. The van der Waals surface area contributed by atoms with Crippen LogP contribution in [0.5, 0.6) is 0 Å². The van der Waals surface area contributed by atoms with Crippen LogP contribution in [0.4, 0.5) is 0 Å². The van der Waals surface area contributed by atoms with Crippen LogP contribution in [-0.2, 0) is 27.8 Å². The summed E-state index contributed by atoms with van der Waals surface area (Å²) in [5, 5.41) is -0.206. The number of hydrogen-bond acceptors (Lipinski definition) is 3. The van der Waals surface area contributed by atoms with Gasteiger partial charge in [-0.25, -0.2) is 13.1 Å². The van der Waals surface area contributed by atoms with E-state index in [4.69, 9.17) is 4.74 Å². The highest BCUT2D eigenvalue weighted by Gasteiger charge is 2.28. The van der Waals surface area contributed by atoms with E-state index in [0.29, 0.717) is 13.2 Å². The summed E-state index contributed by atoms with van der Waals surface area (Å²) in [6.45, 7) is 0.958. The van der Waals surface area contributed by atoms with Crippen molar-refractivity contribution in [3.63, 3.8) is 0 Å². The molecule has 1 atom stereocenters. The summed E-state index contributed by atoms with van der Waals surface area (Å²) in [4.78, 5) is 0. The summed E-state index contributed by atoms with van der Waals surface area (Å²) < 4.78 is 33.2. The van der Waals surface area contributed by atoms with Crippen LogP contribution in [-0.4, -0.2) is 26.3 Å². The Morgan fingerprint density at radius 3 is 2.57 bits per heavy atom. The number of rotatable bonds is 4. The molecule has 1 unspecified atom stereocenters. The van der Waals surface area contributed by atoms with Crippen LogP contribution in [0.1, 0.15) is 43.2 Å². The van der Waals surface area contributed by atoms with E-state index < -0.39 is 10.0 Å². The fraction of sp³-hybridized carbons (Fsp3) is 0.625. The van der Waals surface area contributed by atoms with Crippen LogP contribution >= 0.6 is 0 Å². The molecule has 1 aliphatic carbocycles. The zero-order chi connectivity index (χ0) is 14.7. The topological polar surface area (TPSA) is 55.4 Å². The van der Waals surface area contributed by atoms with Gasteiger partial charge in [0.1, 0.15) is 0 Å². The Morgan fingerprint density at radius 2 is 1.81 bits per heavy atom. The van der Waals surface area contributed by atoms with E-state index in [1.165, 1.54) is 11.1 Å². The van der Waals surface area contributed by atoms with Crippen LogP contribution in [0.15, 0.2) is 24.3 Å². The van der Waals surface area contributed by atoms with Crippen molar-refractivity contribution in [1.82, 2.24) is 4.72 Å². The van der Waals surface area contributed by atoms with Crippen molar-refractivity contribution >= 4 is 10.0 Å². The molecule has 1 fully saturated rings. The summed E-state index contributed by atoms with van der Waals surface area (Å²) in [5.74, 6) is 0. The Bertz CT molecular complexity index is 579. The van der Waals surface area contributed by atoms with Crippen molar-refractivity contribution in [3.8, 4) is 0 Å². The van der Waals surface area contributed by atoms with Crippen LogP contribution in [0.3, 0.4) is 0 Å². The molecule has 0 radical (unpaired) electrons. The maximum absolute atomic E-state index is 12.3. The summed E-state index contributed by atoms with van der Waals surface area (Å²) in [6, 6.07) is 8.19. The van der Waals surface area contributed by atoms with E-state index in [9.17, 15) is 8.42 Å². The molecule has 0 bridgehead atoms. The summed E-state index contributed by atoms with van der Waals surface area (Å²) in [5.41, 5.74) is 2.48. The van der Waals surface area contributed by atoms with Crippen LogP contribution in [0, 0.1) is 0 Å². The quantitative estimate of drug-likeness (QED) is 0.929. The molecule has 0 aromatic heterocycles. The highest BCUT2D eigenvalue weighted by molar-refractivity contribution is 7.90. The van der Waals surface area contributed by atoms with E-state index >= 15 is 0 Å². The first kappa shape index (κ1) is 15.0. The number of fused-ring (bicyclic) bond motifs is 1. The van der Waals surface area contributed by atoms with E-state index in [2.05, 4.69) is 16.9 Å². The molecule has 3 rings (SSSR count). The molecule has 4 nitrogen and oxygen atoms in total. The Morgan fingerprint density at radius 1 is 1.10 bits per heavy atom. The highest BCUT2D eigenvalue weighted by atomic mass is 32.2. The smallest absolute Gasteiger partial charge is 0.214 e. The minimum atomic E-state index is -3.19. The molecule has 1 aliphatic heterocycles. The van der Waals surface area contributed by atoms with Gasteiger partial charge in [-0.1, -0.05) is 43.5 Å². The van der Waals surface area contributed by atoms with Gasteiger partial charge in [0.05, 0.1) is 18.0 Å². The molecule has 116 valence electrons. The fourth-order valence-electron chi connectivity index (χ4n) is 3.24. The van der Waals surface area contributed by atoms with Gasteiger partial charge in [-0.15, -0.1) is 0 Å². The standard InChI is InChI=1S/C16H23NO3S/c18-21(19,16-8-2-1-3-9-16)17-11-15-10-13-6-4-5-7-14(13)12-20-15/h4-7,15-17H,1-3,8-12H2. The van der Waals surface area contributed by atoms with Gasteiger partial charge in [0.15, 0.2) is 0 Å². The van der Waals surface area contributed by atoms with Crippen molar-refractivity contribution in [2.45, 2.75) is 56.5 Å². The summed E-state index contributed by atoms with van der Waals surface area (Å²) >= 11 is 0. The molecule has 0 spiro atoms. The van der Waals surface area contributed by atoms with Gasteiger partial charge < -0.3 is 4.74 Å². The van der Waals surface area contributed by atoms with Crippen molar-refractivity contribution in [2.24, 2.45) is 0 Å². The predicted molar refractivity (Wildman–Crippen MR) is 82.5 cm³/mol. The number of benzene rings is 1. The van der Waals surface area contributed by atoms with Crippen LogP contribution in [0.25, 0.3) is 0 Å². The van der Waals surface area contributed by atoms with Gasteiger partial charge in [0.25, 0.3) is 0 Å². The lowest BCUT2D eigenvalue weighted by Crippen LogP contribution is -2.41. The third-order valence-electron chi connectivity index (χ3n) is 4.54. The van der Waals surface area contributed by atoms with Crippen LogP contribution in [0.2, 0.25) is 0 Å². The summed E-state index contributed by atoms with van der Waals surface area (Å²) in [7, 11) is -3.19. The molecule has 21 heavy (non-hydrogen) atoms. The first-order valence-electron chi connectivity index (χ1n) is 7.82. The van der Waals surface area contributed by atoms with Gasteiger partial charge >= 0.3 is 0 Å². The fourth-order valence-corrected chi connectivity index (χ4v) is 4.85. The monoisotopic (exact) mass is 309 g/mol. The lowest BCUT2D eigenvalue weighted by atomic mass is 9.99. The van der Waals surface area contributed by atoms with Crippen molar-refractivity contribution in [1.29, 1.82) is 0 Å². The molecule has 0 saturated heterocycles. The summed E-state index contributed by atoms with van der Waals surface area (Å²) in [6.07, 6.45) is 5.53. The van der Waals surface area contributed by atoms with Gasteiger partial charge in [-0.2, -0.15) is 0 Å². The van der Waals surface area contributed by atoms with E-state index in [0.717, 1.165) is 38.5 Å². The molecule has 1 saturated carbocycles. The van der Waals surface area contributed by atoms with Gasteiger partial charge in [-0.05, 0) is 24.0 Å². The van der Waals surface area contributed by atoms with E-state index in [1.807, 2.05) is 12.1 Å². The largest absolute Gasteiger partial charge is 0.372 e. The molecule has 1 N–H and O–H groups in total. The Kier molecular flexibility index (Phi) is 4.62. The van der Waals surface area contributed by atoms with Crippen molar-refractivity contribution in [3.05, 3.63) is 35.4 Å². The molecular weight excluding hydrogens is 286 g/mol. The third kappa shape index (κ3) is 3.65. The second kappa shape index (κ2) is 6.46. The average molecular weight is 309 g/mol. The number of sulfonamides is 1.